The summed E-state index contributed by atoms with van der Waals surface area (Å²) < 4.78 is 14.6. The average molecular weight is 345 g/mol. The number of imidazole rings is 1. The van der Waals surface area contributed by atoms with Gasteiger partial charge in [0.25, 0.3) is 0 Å². The van der Waals surface area contributed by atoms with E-state index in [-0.39, 0.29) is 5.82 Å². The maximum absolute atomic E-state index is 14.6. The molecule has 0 amide bonds. The van der Waals surface area contributed by atoms with Gasteiger partial charge in [-0.2, -0.15) is 5.10 Å². The summed E-state index contributed by atoms with van der Waals surface area (Å²) in [5, 5.41) is 7.89. The van der Waals surface area contributed by atoms with Gasteiger partial charge in [0.2, 0.25) is 0 Å². The van der Waals surface area contributed by atoms with Crippen molar-refractivity contribution in [3.8, 4) is 22.6 Å². The van der Waals surface area contributed by atoms with Crippen molar-refractivity contribution in [2.75, 3.05) is 5.73 Å². The summed E-state index contributed by atoms with van der Waals surface area (Å²) in [5.41, 5.74) is 9.82. The van der Waals surface area contributed by atoms with Crippen LogP contribution < -0.4 is 5.73 Å². The van der Waals surface area contributed by atoms with Gasteiger partial charge in [0, 0.05) is 41.2 Å². The van der Waals surface area contributed by atoms with Gasteiger partial charge in [-0.15, -0.1) is 0 Å². The van der Waals surface area contributed by atoms with E-state index >= 15 is 0 Å². The van der Waals surface area contributed by atoms with Crippen LogP contribution in [0, 0.1) is 5.82 Å². The first kappa shape index (κ1) is 14.5. The van der Waals surface area contributed by atoms with Crippen LogP contribution in [-0.2, 0) is 0 Å². The van der Waals surface area contributed by atoms with Crippen LogP contribution in [0.3, 0.4) is 0 Å². The highest BCUT2D eigenvalue weighted by Crippen LogP contribution is 2.32. The van der Waals surface area contributed by atoms with Gasteiger partial charge in [-0.05, 0) is 24.3 Å². The zero-order chi connectivity index (χ0) is 17.7. The first-order chi connectivity index (χ1) is 12.7. The third kappa shape index (κ3) is 2.20. The van der Waals surface area contributed by atoms with Crippen molar-refractivity contribution in [2.45, 2.75) is 0 Å². The Hall–Kier alpha value is -3.81. The SMILES string of the molecule is Nc1cncc(-c2cc3c(-c4nc5ncccc5[nH]4)n[nH]c3cc2F)c1. The Morgan fingerprint density at radius 2 is 2.00 bits per heavy atom. The Morgan fingerprint density at radius 1 is 1.08 bits per heavy atom. The summed E-state index contributed by atoms with van der Waals surface area (Å²) in [6, 6.07) is 8.53. The van der Waals surface area contributed by atoms with Crippen LogP contribution >= 0.6 is 0 Å². The number of nitrogen functional groups attached to an aromatic ring is 1. The van der Waals surface area contributed by atoms with E-state index in [4.69, 9.17) is 5.73 Å². The minimum absolute atomic E-state index is 0.383. The number of aromatic amines is 2. The lowest BCUT2D eigenvalue weighted by atomic mass is 10.0. The monoisotopic (exact) mass is 345 g/mol. The maximum atomic E-state index is 14.6. The van der Waals surface area contributed by atoms with Gasteiger partial charge in [-0.1, -0.05) is 0 Å². The van der Waals surface area contributed by atoms with E-state index in [9.17, 15) is 4.39 Å². The molecule has 0 aliphatic heterocycles. The number of rotatable bonds is 2. The summed E-state index contributed by atoms with van der Waals surface area (Å²) in [4.78, 5) is 15.9. The number of H-pyrrole nitrogens is 2. The molecule has 0 bridgehead atoms. The third-order valence-corrected chi connectivity index (χ3v) is 4.20. The second-order valence-electron chi connectivity index (χ2n) is 5.92. The Bertz CT molecular complexity index is 1240. The Labute approximate surface area is 146 Å². The number of nitrogens with two attached hydrogens (primary N) is 1. The molecule has 126 valence electrons. The molecule has 0 fully saturated rings. The number of aromatic nitrogens is 6. The predicted molar refractivity (Wildman–Crippen MR) is 96.6 cm³/mol. The first-order valence-corrected chi connectivity index (χ1v) is 7.89. The highest BCUT2D eigenvalue weighted by atomic mass is 19.1. The Balaban J connectivity index is 1.73. The average Bonchev–Trinajstić information content (AvgIpc) is 3.24. The summed E-state index contributed by atoms with van der Waals surface area (Å²) in [6.07, 6.45) is 4.77. The van der Waals surface area contributed by atoms with Gasteiger partial charge >= 0.3 is 0 Å². The van der Waals surface area contributed by atoms with Gasteiger partial charge in [-0.25, -0.2) is 14.4 Å². The number of fused-ring (bicyclic) bond motifs is 2. The number of benzene rings is 1. The second-order valence-corrected chi connectivity index (χ2v) is 5.92. The molecule has 0 saturated carbocycles. The lowest BCUT2D eigenvalue weighted by Gasteiger charge is -2.05. The largest absolute Gasteiger partial charge is 0.397 e. The van der Waals surface area contributed by atoms with Crippen LogP contribution in [0.2, 0.25) is 0 Å². The van der Waals surface area contributed by atoms with Gasteiger partial charge < -0.3 is 10.7 Å². The number of nitrogens with one attached hydrogen (secondary N) is 2. The minimum Gasteiger partial charge on any atom is -0.397 e. The van der Waals surface area contributed by atoms with Crippen molar-refractivity contribution in [1.82, 2.24) is 30.1 Å². The van der Waals surface area contributed by atoms with Gasteiger partial charge in [0.15, 0.2) is 11.5 Å². The molecule has 4 aromatic heterocycles. The fourth-order valence-electron chi connectivity index (χ4n) is 3.00. The second kappa shape index (κ2) is 5.35. The molecule has 0 spiro atoms. The summed E-state index contributed by atoms with van der Waals surface area (Å²) in [5.74, 6) is 0.180. The number of pyridine rings is 2. The van der Waals surface area contributed by atoms with Crippen molar-refractivity contribution in [1.29, 1.82) is 0 Å². The molecule has 0 aliphatic carbocycles. The molecule has 5 rings (SSSR count). The summed E-state index contributed by atoms with van der Waals surface area (Å²) in [6.45, 7) is 0. The van der Waals surface area contributed by atoms with Crippen LogP contribution in [0.25, 0.3) is 44.7 Å². The highest BCUT2D eigenvalue weighted by molar-refractivity contribution is 5.95. The molecular formula is C18H12FN7. The first-order valence-electron chi connectivity index (χ1n) is 7.89. The number of hydrogen-bond acceptors (Lipinski definition) is 5. The molecule has 0 saturated heterocycles. The van der Waals surface area contributed by atoms with Gasteiger partial charge in [-0.3, -0.25) is 10.1 Å². The van der Waals surface area contributed by atoms with E-state index in [1.807, 2.05) is 12.1 Å². The van der Waals surface area contributed by atoms with Crippen LogP contribution in [0.1, 0.15) is 0 Å². The van der Waals surface area contributed by atoms with E-state index in [0.29, 0.717) is 39.5 Å². The van der Waals surface area contributed by atoms with Gasteiger partial charge in [0.1, 0.15) is 11.5 Å². The maximum Gasteiger partial charge on any atom is 0.178 e. The molecule has 26 heavy (non-hydrogen) atoms. The molecule has 0 aliphatic rings. The molecule has 0 atom stereocenters. The van der Waals surface area contributed by atoms with Crippen molar-refractivity contribution < 1.29 is 4.39 Å². The van der Waals surface area contributed by atoms with Crippen LogP contribution in [0.4, 0.5) is 10.1 Å². The number of nitrogens with zero attached hydrogens (tertiary/aromatic N) is 4. The van der Waals surface area contributed by atoms with Crippen molar-refractivity contribution in [3.05, 3.63) is 54.7 Å². The lowest BCUT2D eigenvalue weighted by Crippen LogP contribution is -1.90. The number of halogens is 1. The summed E-state index contributed by atoms with van der Waals surface area (Å²) >= 11 is 0. The molecule has 0 radical (unpaired) electrons. The molecule has 5 aromatic rings. The van der Waals surface area contributed by atoms with Crippen molar-refractivity contribution in [2.24, 2.45) is 0 Å². The highest BCUT2D eigenvalue weighted by Gasteiger charge is 2.16. The minimum atomic E-state index is -0.383. The Morgan fingerprint density at radius 3 is 2.85 bits per heavy atom. The number of hydrogen-bond donors (Lipinski definition) is 3. The number of anilines is 1. The van der Waals surface area contributed by atoms with Crippen molar-refractivity contribution in [3.63, 3.8) is 0 Å². The molecule has 1 aromatic carbocycles. The van der Waals surface area contributed by atoms with E-state index in [1.165, 1.54) is 12.3 Å². The zero-order valence-corrected chi connectivity index (χ0v) is 13.4. The van der Waals surface area contributed by atoms with Crippen LogP contribution in [-0.4, -0.2) is 30.1 Å². The van der Waals surface area contributed by atoms with Crippen LogP contribution in [0.15, 0.2) is 48.9 Å². The van der Waals surface area contributed by atoms with Crippen molar-refractivity contribution >= 4 is 27.8 Å². The smallest absolute Gasteiger partial charge is 0.178 e. The molecule has 7 nitrogen and oxygen atoms in total. The van der Waals surface area contributed by atoms with E-state index in [2.05, 4.69) is 30.1 Å². The third-order valence-electron chi connectivity index (χ3n) is 4.20. The van der Waals surface area contributed by atoms with E-state index in [0.717, 1.165) is 10.9 Å². The van der Waals surface area contributed by atoms with Crippen LogP contribution in [0.5, 0.6) is 0 Å². The normalized spacial score (nSPS) is 11.4. The standard InChI is InChI=1S/C18H12FN7/c19-13-6-15-12(5-11(13)9-4-10(20)8-21-7-9)16(26-25-15)18-23-14-2-1-3-22-17(14)24-18/h1-8H,20H2,(H,25,26)(H,22,23,24). The fraction of sp³-hybridized carbons (Fsp3) is 0. The quantitative estimate of drug-likeness (QED) is 0.455. The fourth-order valence-corrected chi connectivity index (χ4v) is 3.00. The molecule has 4 heterocycles. The molecule has 0 unspecified atom stereocenters. The summed E-state index contributed by atoms with van der Waals surface area (Å²) in [7, 11) is 0. The lowest BCUT2D eigenvalue weighted by molar-refractivity contribution is 0.633. The molecule has 4 N–H and O–H groups in total. The molecule has 8 heteroatoms. The van der Waals surface area contributed by atoms with E-state index < -0.39 is 0 Å². The van der Waals surface area contributed by atoms with E-state index in [1.54, 1.807) is 24.5 Å². The Kier molecular flexibility index (Phi) is 2.99. The zero-order valence-electron chi connectivity index (χ0n) is 13.4. The predicted octanol–water partition coefficient (Wildman–Crippen LogP) is 3.28. The van der Waals surface area contributed by atoms with Gasteiger partial charge in [0.05, 0.1) is 16.7 Å². The molecular weight excluding hydrogens is 333 g/mol. The topological polar surface area (TPSA) is 109 Å².